The summed E-state index contributed by atoms with van der Waals surface area (Å²) in [5.41, 5.74) is 10.3. The predicted octanol–water partition coefficient (Wildman–Crippen LogP) is 5.60. The highest BCUT2D eigenvalue weighted by Crippen LogP contribution is 2.53. The van der Waals surface area contributed by atoms with E-state index in [-0.39, 0.29) is 17.3 Å². The van der Waals surface area contributed by atoms with Crippen molar-refractivity contribution in [3.05, 3.63) is 83.3 Å². The summed E-state index contributed by atoms with van der Waals surface area (Å²) in [6, 6.07) is 19.5. The fraction of sp³-hybridized carbons (Fsp3) is 0.217. The van der Waals surface area contributed by atoms with Crippen LogP contribution >= 0.6 is 11.3 Å². The van der Waals surface area contributed by atoms with Gasteiger partial charge in [-0.05, 0) is 55.2 Å². The van der Waals surface area contributed by atoms with Crippen LogP contribution in [-0.4, -0.2) is 9.97 Å². The fourth-order valence-corrected chi connectivity index (χ4v) is 4.73. The molecule has 0 amide bonds. The number of benzene rings is 2. The van der Waals surface area contributed by atoms with E-state index in [1.54, 1.807) is 6.07 Å². The van der Waals surface area contributed by atoms with Crippen molar-refractivity contribution in [1.82, 2.24) is 9.97 Å². The van der Waals surface area contributed by atoms with Crippen molar-refractivity contribution >= 4 is 21.7 Å². The summed E-state index contributed by atoms with van der Waals surface area (Å²) < 4.78 is 14.6. The molecule has 2 aromatic heterocycles. The second kappa shape index (κ2) is 6.47. The maximum Gasteiger partial charge on any atom is 0.144 e. The Bertz CT molecular complexity index is 1160. The number of nitrogens with two attached hydrogens (primary N) is 1. The molecule has 0 unspecified atom stereocenters. The smallest absolute Gasteiger partial charge is 0.144 e. The lowest BCUT2D eigenvalue weighted by molar-refractivity contribution is 0.626. The molecule has 1 fully saturated rings. The second-order valence-electron chi connectivity index (χ2n) is 7.52. The summed E-state index contributed by atoms with van der Waals surface area (Å²) in [6.45, 7) is 1.85. The second-order valence-corrected chi connectivity index (χ2v) is 8.49. The van der Waals surface area contributed by atoms with Crippen molar-refractivity contribution in [2.24, 2.45) is 5.73 Å². The number of hydrogen-bond donors (Lipinski definition) is 1. The molecule has 2 aromatic carbocycles. The third-order valence-corrected chi connectivity index (χ3v) is 6.57. The molecule has 0 radical (unpaired) electrons. The van der Waals surface area contributed by atoms with Crippen LogP contribution in [0.4, 0.5) is 4.39 Å². The number of pyridine rings is 1. The summed E-state index contributed by atoms with van der Waals surface area (Å²) in [4.78, 5) is 10.4. The van der Waals surface area contributed by atoms with Crippen LogP contribution in [0.2, 0.25) is 0 Å². The first-order valence-corrected chi connectivity index (χ1v) is 10.3. The zero-order valence-electron chi connectivity index (χ0n) is 15.5. The van der Waals surface area contributed by atoms with Crippen molar-refractivity contribution in [3.63, 3.8) is 0 Å². The molecule has 3 nitrogen and oxygen atoms in total. The van der Waals surface area contributed by atoms with E-state index in [0.29, 0.717) is 10.6 Å². The van der Waals surface area contributed by atoms with Gasteiger partial charge in [0.05, 0.1) is 5.69 Å². The average Bonchev–Trinajstić information content (AvgIpc) is 3.41. The Morgan fingerprint density at radius 2 is 1.82 bits per heavy atom. The van der Waals surface area contributed by atoms with E-state index < -0.39 is 0 Å². The molecule has 5 rings (SSSR count). The molecule has 2 N–H and O–H groups in total. The maximum atomic E-state index is 14.6. The predicted molar refractivity (Wildman–Crippen MR) is 112 cm³/mol. The highest BCUT2D eigenvalue weighted by atomic mass is 32.1. The van der Waals surface area contributed by atoms with E-state index >= 15 is 0 Å². The average molecular weight is 389 g/mol. The molecular formula is C23H20FN3S. The zero-order valence-corrected chi connectivity index (χ0v) is 16.3. The summed E-state index contributed by atoms with van der Waals surface area (Å²) >= 11 is 1.44. The van der Waals surface area contributed by atoms with Crippen LogP contribution in [0.25, 0.3) is 20.9 Å². The highest BCUT2D eigenvalue weighted by molar-refractivity contribution is 7.21. The Kier molecular flexibility index (Phi) is 4.03. The molecule has 140 valence electrons. The SMILES string of the molecule is C[C@@H](N)c1ccc(-c2nc3ccc(C4(c5ccccc5)CC4)nc3s2)c(F)c1. The normalized spacial score (nSPS) is 16.2. The van der Waals surface area contributed by atoms with Gasteiger partial charge in [-0.2, -0.15) is 0 Å². The number of hydrogen-bond acceptors (Lipinski definition) is 4. The summed E-state index contributed by atoms with van der Waals surface area (Å²) in [5, 5.41) is 0.651. The minimum Gasteiger partial charge on any atom is -0.324 e. The topological polar surface area (TPSA) is 51.8 Å². The van der Waals surface area contributed by atoms with Gasteiger partial charge in [0.1, 0.15) is 21.2 Å². The number of halogens is 1. The molecule has 4 aromatic rings. The van der Waals surface area contributed by atoms with Crippen LogP contribution in [0.15, 0.2) is 60.7 Å². The van der Waals surface area contributed by atoms with E-state index in [1.807, 2.05) is 25.1 Å². The van der Waals surface area contributed by atoms with Gasteiger partial charge in [0.2, 0.25) is 0 Å². The molecular weight excluding hydrogens is 369 g/mol. The molecule has 1 saturated carbocycles. The molecule has 1 atom stereocenters. The number of rotatable bonds is 4. The molecule has 0 spiro atoms. The lowest BCUT2D eigenvalue weighted by Gasteiger charge is -2.14. The minimum atomic E-state index is -0.294. The van der Waals surface area contributed by atoms with Crippen LogP contribution in [0, 0.1) is 5.82 Å². The standard InChI is InChI=1S/C23H20FN3S/c1-14(25)15-7-8-17(18(24)13-15)21-26-19-9-10-20(27-22(19)28-21)23(11-12-23)16-5-3-2-4-6-16/h2-10,13-14H,11-12,25H2,1H3/t14-/m1/s1. The quantitative estimate of drug-likeness (QED) is 0.494. The number of fused-ring (bicyclic) bond motifs is 1. The molecule has 1 aliphatic rings. The van der Waals surface area contributed by atoms with Gasteiger partial charge in [0.15, 0.2) is 0 Å². The van der Waals surface area contributed by atoms with Crippen LogP contribution in [0.3, 0.4) is 0 Å². The highest BCUT2D eigenvalue weighted by Gasteiger charge is 2.47. The van der Waals surface area contributed by atoms with Crippen molar-refractivity contribution < 1.29 is 4.39 Å². The summed E-state index contributed by atoms with van der Waals surface area (Å²) in [6.07, 6.45) is 2.21. The molecule has 2 heterocycles. The molecule has 28 heavy (non-hydrogen) atoms. The Hall–Kier alpha value is -2.63. The molecule has 0 bridgehead atoms. The first kappa shape index (κ1) is 17.5. The van der Waals surface area contributed by atoms with Gasteiger partial charge in [-0.3, -0.25) is 0 Å². The Balaban J connectivity index is 1.55. The number of aromatic nitrogens is 2. The van der Waals surface area contributed by atoms with Crippen LogP contribution in [-0.2, 0) is 5.41 Å². The van der Waals surface area contributed by atoms with Crippen LogP contribution in [0.1, 0.15) is 42.6 Å². The van der Waals surface area contributed by atoms with Gasteiger partial charge in [0, 0.05) is 17.0 Å². The van der Waals surface area contributed by atoms with Gasteiger partial charge in [-0.15, -0.1) is 0 Å². The van der Waals surface area contributed by atoms with Crippen molar-refractivity contribution in [2.45, 2.75) is 31.2 Å². The lowest BCUT2D eigenvalue weighted by Crippen LogP contribution is -2.10. The van der Waals surface area contributed by atoms with Gasteiger partial charge in [-0.25, -0.2) is 14.4 Å². The van der Waals surface area contributed by atoms with Gasteiger partial charge in [0.25, 0.3) is 0 Å². The summed E-state index contributed by atoms with van der Waals surface area (Å²) in [7, 11) is 0. The Morgan fingerprint density at radius 3 is 2.50 bits per heavy atom. The largest absolute Gasteiger partial charge is 0.324 e. The minimum absolute atomic E-state index is 0.0176. The van der Waals surface area contributed by atoms with Gasteiger partial charge in [-0.1, -0.05) is 47.7 Å². The molecule has 0 saturated heterocycles. The third kappa shape index (κ3) is 2.82. The van der Waals surface area contributed by atoms with E-state index in [1.165, 1.54) is 23.0 Å². The molecule has 1 aliphatic carbocycles. The first-order valence-electron chi connectivity index (χ1n) is 9.46. The third-order valence-electron chi connectivity index (χ3n) is 5.57. The van der Waals surface area contributed by atoms with E-state index in [2.05, 4.69) is 35.3 Å². The number of nitrogens with zero attached hydrogens (tertiary/aromatic N) is 2. The molecule has 0 aliphatic heterocycles. The number of thiazole rings is 1. The van der Waals surface area contributed by atoms with Crippen LogP contribution < -0.4 is 5.73 Å². The van der Waals surface area contributed by atoms with Gasteiger partial charge < -0.3 is 5.73 Å². The Morgan fingerprint density at radius 1 is 1.04 bits per heavy atom. The monoisotopic (exact) mass is 389 g/mol. The first-order chi connectivity index (χ1) is 13.6. The summed E-state index contributed by atoms with van der Waals surface area (Å²) in [5.74, 6) is -0.294. The molecule has 5 heteroatoms. The van der Waals surface area contributed by atoms with Crippen molar-refractivity contribution in [2.75, 3.05) is 0 Å². The van der Waals surface area contributed by atoms with Crippen molar-refractivity contribution in [1.29, 1.82) is 0 Å². The fourth-order valence-electron chi connectivity index (χ4n) is 3.76. The van der Waals surface area contributed by atoms with E-state index in [9.17, 15) is 4.39 Å². The van der Waals surface area contributed by atoms with E-state index in [0.717, 1.165) is 34.4 Å². The maximum absolute atomic E-state index is 14.6. The van der Waals surface area contributed by atoms with Crippen LogP contribution in [0.5, 0.6) is 0 Å². The van der Waals surface area contributed by atoms with Crippen molar-refractivity contribution in [3.8, 4) is 10.6 Å². The van der Waals surface area contributed by atoms with E-state index in [4.69, 9.17) is 10.7 Å². The lowest BCUT2D eigenvalue weighted by atomic mass is 9.92. The van der Waals surface area contributed by atoms with Gasteiger partial charge >= 0.3 is 0 Å². The zero-order chi connectivity index (χ0) is 19.3. The Labute approximate surface area is 167 Å².